The number of hydrogen-bond acceptors (Lipinski definition) is 1. The molecule has 150 valence electrons. The second kappa shape index (κ2) is 6.50. The predicted molar refractivity (Wildman–Crippen MR) is 63.7 cm³/mol. The summed E-state index contributed by atoms with van der Waals surface area (Å²) in [6.45, 7) is 0.915. The first kappa shape index (κ1) is 22.4. The molecule has 0 fully saturated rings. The van der Waals surface area contributed by atoms with Crippen LogP contribution in [0, 0.1) is 0 Å². The number of rotatable bonds is 2. The Bertz CT molecular complexity index is 612. The van der Waals surface area contributed by atoms with Gasteiger partial charge in [0, 0.05) is 6.04 Å². The maximum atomic E-state index is 13.1. The largest absolute Gasteiger partial charge is 0.417 e. The van der Waals surface area contributed by atoms with Gasteiger partial charge in [-0.25, -0.2) is 0 Å². The molecule has 1 nitrogen and oxygen atoms in total. The van der Waals surface area contributed by atoms with Gasteiger partial charge in [-0.3, -0.25) is 0 Å². The molecule has 1 unspecified atom stereocenters. The molecule has 0 bridgehead atoms. The van der Waals surface area contributed by atoms with E-state index in [1.807, 2.05) is 0 Å². The third-order valence-corrected chi connectivity index (χ3v) is 3.35. The predicted octanol–water partition coefficient (Wildman–Crippen LogP) is 6.17. The molecule has 0 aliphatic rings. The molecule has 2 N–H and O–H groups in total. The van der Waals surface area contributed by atoms with Crippen LogP contribution in [0.5, 0.6) is 0 Å². The second-order valence-corrected chi connectivity index (χ2v) is 5.14. The summed E-state index contributed by atoms with van der Waals surface area (Å²) < 4.78 is 156. The van der Waals surface area contributed by atoms with E-state index < -0.39 is 71.1 Å². The molecular formula is C13H9F12N. The summed E-state index contributed by atoms with van der Waals surface area (Å²) in [5.41, 5.74) is -8.72. The van der Waals surface area contributed by atoms with Crippen LogP contribution in [0.2, 0.25) is 0 Å². The van der Waals surface area contributed by atoms with Gasteiger partial charge in [0.2, 0.25) is 0 Å². The molecule has 0 amide bonds. The third kappa shape index (κ3) is 4.35. The van der Waals surface area contributed by atoms with Crippen molar-refractivity contribution in [2.75, 3.05) is 0 Å². The lowest BCUT2D eigenvalue weighted by atomic mass is 9.85. The van der Waals surface area contributed by atoms with Gasteiger partial charge in [-0.2, -0.15) is 52.7 Å². The Morgan fingerprint density at radius 1 is 0.692 bits per heavy atom. The fraction of sp³-hybridized carbons (Fsp3) is 0.538. The summed E-state index contributed by atoms with van der Waals surface area (Å²) in [6.07, 6.45) is -24.8. The lowest BCUT2D eigenvalue weighted by Crippen LogP contribution is -2.30. The molecule has 0 aliphatic heterocycles. The molecule has 0 aromatic heterocycles. The van der Waals surface area contributed by atoms with E-state index in [2.05, 4.69) is 0 Å². The minimum atomic E-state index is -6.03. The van der Waals surface area contributed by atoms with Crippen LogP contribution in [0.4, 0.5) is 52.7 Å². The molecule has 1 aromatic carbocycles. The van der Waals surface area contributed by atoms with Crippen molar-refractivity contribution in [2.24, 2.45) is 5.73 Å². The van der Waals surface area contributed by atoms with Crippen LogP contribution in [0.25, 0.3) is 0 Å². The highest BCUT2D eigenvalue weighted by Gasteiger charge is 2.53. The average Bonchev–Trinajstić information content (AvgIpc) is 2.40. The highest BCUT2D eigenvalue weighted by Crippen LogP contribution is 2.52. The SMILES string of the molecule is CCC(N)c1c(C(F)(F)F)c(C(F)(F)F)cc(C(F)(F)F)c1C(F)(F)F. The van der Waals surface area contributed by atoms with Crippen molar-refractivity contribution in [3.05, 3.63) is 33.9 Å². The summed E-state index contributed by atoms with van der Waals surface area (Å²) in [5, 5.41) is 0. The molecule has 26 heavy (non-hydrogen) atoms. The zero-order valence-electron chi connectivity index (χ0n) is 12.5. The van der Waals surface area contributed by atoms with Gasteiger partial charge in [-0.1, -0.05) is 6.92 Å². The first-order valence-corrected chi connectivity index (χ1v) is 6.58. The molecule has 0 saturated carbocycles. The summed E-state index contributed by atoms with van der Waals surface area (Å²) in [7, 11) is 0. The molecule has 0 spiro atoms. The summed E-state index contributed by atoms with van der Waals surface area (Å²) >= 11 is 0. The maximum absolute atomic E-state index is 13.1. The molecule has 0 radical (unpaired) electrons. The highest BCUT2D eigenvalue weighted by atomic mass is 19.4. The van der Waals surface area contributed by atoms with Crippen LogP contribution in [0.3, 0.4) is 0 Å². The minimum absolute atomic E-state index is 0.773. The molecule has 1 aromatic rings. The molecular weight excluding hydrogens is 398 g/mol. The van der Waals surface area contributed by atoms with Gasteiger partial charge in [0.05, 0.1) is 22.3 Å². The second-order valence-electron chi connectivity index (χ2n) is 5.14. The van der Waals surface area contributed by atoms with Crippen LogP contribution < -0.4 is 5.73 Å². The summed E-state index contributed by atoms with van der Waals surface area (Å²) in [4.78, 5) is 0. The zero-order chi connectivity index (χ0) is 20.9. The fourth-order valence-electron chi connectivity index (χ4n) is 2.34. The third-order valence-electron chi connectivity index (χ3n) is 3.35. The molecule has 1 rings (SSSR count). The monoisotopic (exact) mass is 407 g/mol. The van der Waals surface area contributed by atoms with E-state index in [1.54, 1.807) is 0 Å². The van der Waals surface area contributed by atoms with Gasteiger partial charge in [-0.15, -0.1) is 0 Å². The summed E-state index contributed by atoms with van der Waals surface area (Å²) in [5.74, 6) is 0. The van der Waals surface area contributed by atoms with E-state index in [-0.39, 0.29) is 0 Å². The van der Waals surface area contributed by atoms with Gasteiger partial charge in [0.15, 0.2) is 0 Å². The van der Waals surface area contributed by atoms with Crippen LogP contribution in [-0.2, 0) is 24.7 Å². The summed E-state index contributed by atoms with van der Waals surface area (Å²) in [6, 6.07) is -3.55. The number of halogens is 12. The van der Waals surface area contributed by atoms with Gasteiger partial charge in [0.1, 0.15) is 0 Å². The Morgan fingerprint density at radius 3 is 1.19 bits per heavy atom. The van der Waals surface area contributed by atoms with Gasteiger partial charge in [0.25, 0.3) is 0 Å². The Kier molecular flexibility index (Phi) is 5.59. The number of alkyl halides is 12. The fourth-order valence-corrected chi connectivity index (χ4v) is 2.34. The van der Waals surface area contributed by atoms with Crippen LogP contribution >= 0.6 is 0 Å². The quantitative estimate of drug-likeness (QED) is 0.583. The standard InChI is InChI=1S/C13H9F12N/c1-2-6(26)7-8(12(20,21)22)4(10(14,15)16)3-5(11(17,18)19)9(7)13(23,24)25/h3,6H,2,26H2,1H3. The molecule has 0 saturated heterocycles. The van der Waals surface area contributed by atoms with E-state index in [4.69, 9.17) is 5.73 Å². The topological polar surface area (TPSA) is 26.0 Å². The lowest BCUT2D eigenvalue weighted by Gasteiger charge is -2.28. The van der Waals surface area contributed by atoms with E-state index in [9.17, 15) is 52.7 Å². The van der Waals surface area contributed by atoms with Gasteiger partial charge < -0.3 is 5.73 Å². The lowest BCUT2D eigenvalue weighted by molar-refractivity contribution is -0.172. The average molecular weight is 407 g/mol. The maximum Gasteiger partial charge on any atom is 0.417 e. The van der Waals surface area contributed by atoms with Gasteiger partial charge >= 0.3 is 24.7 Å². The molecule has 0 aliphatic carbocycles. The van der Waals surface area contributed by atoms with Crippen LogP contribution in [0.1, 0.15) is 47.2 Å². The highest BCUT2D eigenvalue weighted by molar-refractivity contribution is 5.52. The number of benzene rings is 1. The van der Waals surface area contributed by atoms with E-state index in [0.29, 0.717) is 0 Å². The van der Waals surface area contributed by atoms with Crippen molar-refractivity contribution in [1.82, 2.24) is 0 Å². The number of hydrogen-bond donors (Lipinski definition) is 1. The molecule has 0 heterocycles. The minimum Gasteiger partial charge on any atom is -0.324 e. The van der Waals surface area contributed by atoms with Crippen molar-refractivity contribution >= 4 is 0 Å². The van der Waals surface area contributed by atoms with Crippen LogP contribution in [0.15, 0.2) is 6.07 Å². The van der Waals surface area contributed by atoms with Crippen LogP contribution in [-0.4, -0.2) is 0 Å². The van der Waals surface area contributed by atoms with Crippen molar-refractivity contribution < 1.29 is 52.7 Å². The smallest absolute Gasteiger partial charge is 0.324 e. The zero-order valence-corrected chi connectivity index (χ0v) is 12.5. The first-order chi connectivity index (χ1) is 11.3. The van der Waals surface area contributed by atoms with Crippen molar-refractivity contribution in [3.8, 4) is 0 Å². The van der Waals surface area contributed by atoms with E-state index in [1.165, 1.54) is 0 Å². The van der Waals surface area contributed by atoms with Crippen molar-refractivity contribution in [2.45, 2.75) is 44.1 Å². The van der Waals surface area contributed by atoms with E-state index >= 15 is 0 Å². The molecule has 13 heteroatoms. The van der Waals surface area contributed by atoms with Crippen molar-refractivity contribution in [1.29, 1.82) is 0 Å². The number of nitrogens with two attached hydrogens (primary N) is 1. The Hall–Kier alpha value is -1.66. The van der Waals surface area contributed by atoms with E-state index in [0.717, 1.165) is 6.92 Å². The first-order valence-electron chi connectivity index (χ1n) is 6.58. The van der Waals surface area contributed by atoms with Gasteiger partial charge in [-0.05, 0) is 18.1 Å². The normalized spacial score (nSPS) is 15.3. The Labute approximate surface area is 137 Å². The van der Waals surface area contributed by atoms with Crippen molar-refractivity contribution in [3.63, 3.8) is 0 Å². The molecule has 1 atom stereocenters. The Balaban J connectivity index is 4.32. The Morgan fingerprint density at radius 2 is 1.00 bits per heavy atom.